The molecule has 2 rings (SSSR count). The molecule has 29 heavy (non-hydrogen) atoms. The Hall–Kier alpha value is -2.13. The summed E-state index contributed by atoms with van der Waals surface area (Å²) in [6, 6.07) is 6.59. The van der Waals surface area contributed by atoms with E-state index in [1.807, 2.05) is 6.92 Å². The van der Waals surface area contributed by atoms with Gasteiger partial charge in [0.05, 0.1) is 16.8 Å². The molecule has 0 saturated carbocycles. The van der Waals surface area contributed by atoms with E-state index in [2.05, 4.69) is 24.1 Å². The summed E-state index contributed by atoms with van der Waals surface area (Å²) in [5, 5.41) is 2.92. The van der Waals surface area contributed by atoms with Crippen molar-refractivity contribution in [1.82, 2.24) is 18.8 Å². The predicted octanol–water partition coefficient (Wildman–Crippen LogP) is 1.63. The zero-order valence-electron chi connectivity index (χ0n) is 17.7. The molecule has 1 heterocycles. The molecular formula is C20H32N4O4S. The first-order valence-electron chi connectivity index (χ1n) is 10.2. The first-order valence-corrected chi connectivity index (χ1v) is 11.8. The standard InChI is InChI=1S/C20H32N4O4S/c1-5-22(6-2)14-10-11-16(4)21-19(25)15-23-17-12-8-9-13-18(17)24(20(23)26)29(27,28)7-3/h8-9,12-13,16H,5-7,10-11,14-15H2,1-4H3,(H,21,25). The van der Waals surface area contributed by atoms with Gasteiger partial charge in [0, 0.05) is 6.04 Å². The zero-order valence-corrected chi connectivity index (χ0v) is 18.5. The lowest BCUT2D eigenvalue weighted by atomic mass is 10.1. The second-order valence-corrected chi connectivity index (χ2v) is 9.27. The van der Waals surface area contributed by atoms with Gasteiger partial charge in [0.2, 0.25) is 15.9 Å². The Bertz CT molecular complexity index is 990. The Labute approximate surface area is 172 Å². The van der Waals surface area contributed by atoms with E-state index in [4.69, 9.17) is 0 Å². The molecule has 0 radical (unpaired) electrons. The number of nitrogens with zero attached hydrogens (tertiary/aromatic N) is 3. The van der Waals surface area contributed by atoms with Crippen molar-refractivity contribution >= 4 is 27.0 Å². The van der Waals surface area contributed by atoms with Crippen LogP contribution in [0.2, 0.25) is 0 Å². The van der Waals surface area contributed by atoms with Gasteiger partial charge in [0.1, 0.15) is 6.54 Å². The van der Waals surface area contributed by atoms with Crippen LogP contribution in [-0.4, -0.2) is 59.2 Å². The fraction of sp³-hybridized carbons (Fsp3) is 0.600. The summed E-state index contributed by atoms with van der Waals surface area (Å²) >= 11 is 0. The number of benzene rings is 1. The Balaban J connectivity index is 2.13. The normalized spacial score (nSPS) is 13.1. The van der Waals surface area contributed by atoms with Gasteiger partial charge in [-0.05, 0) is 58.5 Å². The first kappa shape index (κ1) is 23.2. The van der Waals surface area contributed by atoms with Gasteiger partial charge in [-0.25, -0.2) is 13.2 Å². The van der Waals surface area contributed by atoms with Gasteiger partial charge in [-0.3, -0.25) is 9.36 Å². The summed E-state index contributed by atoms with van der Waals surface area (Å²) in [6.45, 7) is 10.5. The number of imidazole rings is 1. The van der Waals surface area contributed by atoms with E-state index in [1.165, 1.54) is 11.5 Å². The van der Waals surface area contributed by atoms with Crippen LogP contribution in [0.25, 0.3) is 11.0 Å². The van der Waals surface area contributed by atoms with Crippen LogP contribution < -0.4 is 11.0 Å². The molecule has 0 saturated heterocycles. The number of nitrogens with one attached hydrogen (secondary N) is 1. The molecule has 9 heteroatoms. The number of aromatic nitrogens is 2. The second-order valence-electron chi connectivity index (χ2n) is 7.16. The highest BCUT2D eigenvalue weighted by Crippen LogP contribution is 2.15. The van der Waals surface area contributed by atoms with Crippen LogP contribution >= 0.6 is 0 Å². The van der Waals surface area contributed by atoms with Crippen molar-refractivity contribution < 1.29 is 13.2 Å². The fourth-order valence-corrected chi connectivity index (χ4v) is 4.48. The number of fused-ring (bicyclic) bond motifs is 1. The molecule has 1 unspecified atom stereocenters. The van der Waals surface area contributed by atoms with Crippen molar-refractivity contribution in [3.8, 4) is 0 Å². The molecule has 0 spiro atoms. The second kappa shape index (κ2) is 10.1. The monoisotopic (exact) mass is 424 g/mol. The topological polar surface area (TPSA) is 93.4 Å². The average molecular weight is 425 g/mol. The van der Waals surface area contributed by atoms with Crippen molar-refractivity contribution in [3.05, 3.63) is 34.7 Å². The largest absolute Gasteiger partial charge is 0.352 e. The molecule has 0 fully saturated rings. The third-order valence-corrected chi connectivity index (χ3v) is 6.79. The number of rotatable bonds is 11. The molecule has 1 aromatic heterocycles. The van der Waals surface area contributed by atoms with Gasteiger partial charge in [0.15, 0.2) is 0 Å². The van der Waals surface area contributed by atoms with Crippen molar-refractivity contribution in [2.24, 2.45) is 0 Å². The number of hydrogen-bond acceptors (Lipinski definition) is 5. The van der Waals surface area contributed by atoms with E-state index in [0.717, 1.165) is 36.4 Å². The van der Waals surface area contributed by atoms with Crippen LogP contribution in [0.3, 0.4) is 0 Å². The third-order valence-electron chi connectivity index (χ3n) is 5.15. The highest BCUT2D eigenvalue weighted by molar-refractivity contribution is 7.90. The fourth-order valence-electron chi connectivity index (χ4n) is 3.43. The molecule has 0 aliphatic rings. The molecular weight excluding hydrogens is 392 g/mol. The van der Waals surface area contributed by atoms with Crippen LogP contribution in [0, 0.1) is 0 Å². The van der Waals surface area contributed by atoms with Crippen molar-refractivity contribution in [2.75, 3.05) is 25.4 Å². The number of amides is 1. The summed E-state index contributed by atoms with van der Waals surface area (Å²) in [5.41, 5.74) is 0.00988. The SMILES string of the molecule is CCN(CC)CCCC(C)NC(=O)Cn1c(=O)n(S(=O)(=O)CC)c2ccccc21. The highest BCUT2D eigenvalue weighted by Gasteiger charge is 2.23. The lowest BCUT2D eigenvalue weighted by Gasteiger charge is -2.19. The maximum atomic E-state index is 12.8. The van der Waals surface area contributed by atoms with Gasteiger partial charge in [-0.2, -0.15) is 3.97 Å². The van der Waals surface area contributed by atoms with E-state index in [0.29, 0.717) is 11.0 Å². The molecule has 162 valence electrons. The molecule has 1 atom stereocenters. The Kier molecular flexibility index (Phi) is 8.04. The van der Waals surface area contributed by atoms with E-state index in [9.17, 15) is 18.0 Å². The highest BCUT2D eigenvalue weighted by atomic mass is 32.2. The van der Waals surface area contributed by atoms with E-state index in [1.54, 1.807) is 24.3 Å². The van der Waals surface area contributed by atoms with Gasteiger partial charge in [0.25, 0.3) is 0 Å². The minimum absolute atomic E-state index is 0.0264. The van der Waals surface area contributed by atoms with E-state index < -0.39 is 15.7 Å². The molecule has 1 N–H and O–H groups in total. The lowest BCUT2D eigenvalue weighted by Crippen LogP contribution is -2.39. The van der Waals surface area contributed by atoms with Crippen LogP contribution in [0.4, 0.5) is 0 Å². The third kappa shape index (κ3) is 5.48. The Morgan fingerprint density at radius 2 is 1.76 bits per heavy atom. The number of para-hydroxylation sites is 2. The minimum atomic E-state index is -3.77. The Morgan fingerprint density at radius 1 is 1.14 bits per heavy atom. The number of hydrogen-bond donors (Lipinski definition) is 1. The average Bonchev–Trinajstić information content (AvgIpc) is 2.97. The zero-order chi connectivity index (χ0) is 21.6. The van der Waals surface area contributed by atoms with Gasteiger partial charge in [-0.1, -0.05) is 26.0 Å². The summed E-state index contributed by atoms with van der Waals surface area (Å²) < 4.78 is 26.8. The first-order chi connectivity index (χ1) is 13.7. The van der Waals surface area contributed by atoms with Gasteiger partial charge >= 0.3 is 5.69 Å². The molecule has 8 nitrogen and oxygen atoms in total. The lowest BCUT2D eigenvalue weighted by molar-refractivity contribution is -0.122. The maximum Gasteiger partial charge on any atom is 0.343 e. The molecule has 2 aromatic rings. The minimum Gasteiger partial charge on any atom is -0.352 e. The van der Waals surface area contributed by atoms with Crippen LogP contribution in [0.5, 0.6) is 0 Å². The van der Waals surface area contributed by atoms with Crippen molar-refractivity contribution in [3.63, 3.8) is 0 Å². The number of carbonyl (C=O) groups is 1. The van der Waals surface area contributed by atoms with Gasteiger partial charge < -0.3 is 10.2 Å². The van der Waals surface area contributed by atoms with E-state index >= 15 is 0 Å². The van der Waals surface area contributed by atoms with E-state index in [-0.39, 0.29) is 24.2 Å². The molecule has 0 aliphatic heterocycles. The van der Waals surface area contributed by atoms with Crippen molar-refractivity contribution in [2.45, 2.75) is 53.1 Å². The molecule has 1 amide bonds. The maximum absolute atomic E-state index is 12.8. The Morgan fingerprint density at radius 3 is 2.34 bits per heavy atom. The number of carbonyl (C=O) groups excluding carboxylic acids is 1. The molecule has 1 aromatic carbocycles. The summed E-state index contributed by atoms with van der Waals surface area (Å²) in [5.74, 6) is -0.504. The van der Waals surface area contributed by atoms with Crippen LogP contribution in [-0.2, 0) is 21.4 Å². The van der Waals surface area contributed by atoms with Crippen molar-refractivity contribution in [1.29, 1.82) is 0 Å². The summed E-state index contributed by atoms with van der Waals surface area (Å²) in [4.78, 5) is 27.6. The van der Waals surface area contributed by atoms with Crippen LogP contribution in [0.1, 0.15) is 40.5 Å². The quantitative estimate of drug-likeness (QED) is 0.592. The smallest absolute Gasteiger partial charge is 0.343 e. The molecule has 0 bridgehead atoms. The molecule has 0 aliphatic carbocycles. The van der Waals surface area contributed by atoms with Crippen LogP contribution in [0.15, 0.2) is 29.1 Å². The van der Waals surface area contributed by atoms with Gasteiger partial charge in [-0.15, -0.1) is 0 Å². The predicted molar refractivity (Wildman–Crippen MR) is 116 cm³/mol. The summed E-state index contributed by atoms with van der Waals surface area (Å²) in [7, 11) is -3.77. The summed E-state index contributed by atoms with van der Waals surface area (Å²) in [6.07, 6.45) is 1.81.